The first-order valence-corrected chi connectivity index (χ1v) is 10.5. The number of fused-ring (bicyclic) bond motifs is 1. The zero-order valence-electron chi connectivity index (χ0n) is 16.0. The average Bonchev–Trinajstić information content (AvgIpc) is 3.08. The molecule has 2 saturated heterocycles. The van der Waals surface area contributed by atoms with Gasteiger partial charge in [-0.1, -0.05) is 30.3 Å². The number of hydrogen-bond acceptors (Lipinski definition) is 8. The van der Waals surface area contributed by atoms with Crippen molar-refractivity contribution in [2.24, 2.45) is 0 Å². The van der Waals surface area contributed by atoms with Crippen molar-refractivity contribution in [2.75, 3.05) is 27.0 Å². The smallest absolute Gasteiger partial charge is 0.335 e. The van der Waals surface area contributed by atoms with Crippen molar-refractivity contribution in [1.82, 2.24) is 0 Å². The van der Waals surface area contributed by atoms with Crippen LogP contribution in [0, 0.1) is 0 Å². The molecule has 3 unspecified atom stereocenters. The summed E-state index contributed by atoms with van der Waals surface area (Å²) in [6, 6.07) is 9.72. The van der Waals surface area contributed by atoms with Gasteiger partial charge in [-0.25, -0.2) is 0 Å². The molecule has 2 heterocycles. The Morgan fingerprint density at radius 2 is 1.78 bits per heavy atom. The molecule has 0 radical (unpaired) electrons. The van der Waals surface area contributed by atoms with Gasteiger partial charge in [0, 0.05) is 14.2 Å². The molecule has 2 aliphatic rings. The Labute approximate surface area is 159 Å². The van der Waals surface area contributed by atoms with Crippen LogP contribution in [0.2, 0.25) is 0 Å². The highest BCUT2D eigenvalue weighted by Gasteiger charge is 2.64. The Bertz CT molecular complexity index is 673. The van der Waals surface area contributed by atoms with Crippen LogP contribution in [-0.2, 0) is 39.2 Å². The van der Waals surface area contributed by atoms with Crippen LogP contribution < -0.4 is 0 Å². The Morgan fingerprint density at radius 1 is 1.11 bits per heavy atom. The zero-order chi connectivity index (χ0) is 19.7. The fourth-order valence-electron chi connectivity index (χ4n) is 3.41. The van der Waals surface area contributed by atoms with E-state index in [2.05, 4.69) is 0 Å². The molecule has 27 heavy (non-hydrogen) atoms. The van der Waals surface area contributed by atoms with Gasteiger partial charge in [0.25, 0.3) is 0 Å². The van der Waals surface area contributed by atoms with Crippen LogP contribution in [0.15, 0.2) is 30.3 Å². The first-order chi connectivity index (χ1) is 12.7. The molecule has 3 rings (SSSR count). The molecule has 1 aromatic rings. The number of hydrogen-bond donors (Lipinski definition) is 1. The van der Waals surface area contributed by atoms with Crippen LogP contribution in [-0.4, -0.2) is 62.0 Å². The third kappa shape index (κ3) is 4.60. The summed E-state index contributed by atoms with van der Waals surface area (Å²) in [5, 5.41) is 11.1. The lowest BCUT2D eigenvalue weighted by molar-refractivity contribution is -0.269. The van der Waals surface area contributed by atoms with Gasteiger partial charge in [-0.2, -0.15) is 0 Å². The molecule has 1 N–H and O–H groups in total. The highest BCUT2D eigenvalue weighted by Crippen LogP contribution is 2.54. The molecule has 4 atom stereocenters. The molecule has 8 nitrogen and oxygen atoms in total. The van der Waals surface area contributed by atoms with E-state index in [1.807, 2.05) is 30.3 Å². The molecule has 9 heteroatoms. The SMILES string of the molecule is COP(=O)(C[C@]1(O)OC(COCc2ccccc2)C2OC(C)(C)OC21)OC. The lowest BCUT2D eigenvalue weighted by Crippen LogP contribution is -2.46. The van der Waals surface area contributed by atoms with Gasteiger partial charge >= 0.3 is 7.60 Å². The predicted octanol–water partition coefficient (Wildman–Crippen LogP) is 2.30. The van der Waals surface area contributed by atoms with Crippen molar-refractivity contribution >= 4 is 7.60 Å². The van der Waals surface area contributed by atoms with Gasteiger partial charge in [0.1, 0.15) is 24.5 Å². The van der Waals surface area contributed by atoms with Gasteiger partial charge in [0.15, 0.2) is 5.79 Å². The maximum Gasteiger partial charge on any atom is 0.335 e. The molecule has 0 amide bonds. The highest BCUT2D eigenvalue weighted by molar-refractivity contribution is 7.53. The maximum atomic E-state index is 12.6. The van der Waals surface area contributed by atoms with Gasteiger partial charge in [0.2, 0.25) is 5.79 Å². The topological polar surface area (TPSA) is 92.7 Å². The monoisotopic (exact) mass is 402 g/mol. The first-order valence-electron chi connectivity index (χ1n) is 8.78. The number of rotatable bonds is 8. The minimum absolute atomic E-state index is 0.183. The fourth-order valence-corrected chi connectivity index (χ4v) is 4.63. The summed E-state index contributed by atoms with van der Waals surface area (Å²) in [6.07, 6.45) is -2.37. The van der Waals surface area contributed by atoms with Gasteiger partial charge < -0.3 is 33.1 Å². The van der Waals surface area contributed by atoms with Crippen LogP contribution in [0.3, 0.4) is 0 Å². The predicted molar refractivity (Wildman–Crippen MR) is 96.2 cm³/mol. The van der Waals surface area contributed by atoms with E-state index in [9.17, 15) is 9.67 Å². The lowest BCUT2D eigenvalue weighted by atomic mass is 10.1. The van der Waals surface area contributed by atoms with Crippen molar-refractivity contribution in [3.8, 4) is 0 Å². The Hall–Kier alpha value is -0.830. The van der Waals surface area contributed by atoms with Gasteiger partial charge in [0.05, 0.1) is 13.2 Å². The van der Waals surface area contributed by atoms with Gasteiger partial charge in [-0.05, 0) is 19.4 Å². The molecule has 1 aromatic carbocycles. The van der Waals surface area contributed by atoms with Gasteiger partial charge in [-0.3, -0.25) is 4.57 Å². The van der Waals surface area contributed by atoms with Crippen LogP contribution >= 0.6 is 7.60 Å². The average molecular weight is 402 g/mol. The van der Waals surface area contributed by atoms with E-state index in [4.69, 9.17) is 28.0 Å². The van der Waals surface area contributed by atoms with E-state index in [0.717, 1.165) is 5.56 Å². The van der Waals surface area contributed by atoms with E-state index in [0.29, 0.717) is 6.61 Å². The molecule has 2 aliphatic heterocycles. The van der Waals surface area contributed by atoms with E-state index in [-0.39, 0.29) is 12.8 Å². The van der Waals surface area contributed by atoms with Crippen LogP contribution in [0.5, 0.6) is 0 Å². The van der Waals surface area contributed by atoms with Crippen molar-refractivity contribution in [1.29, 1.82) is 0 Å². The first kappa shape index (κ1) is 20.9. The molecule has 2 fully saturated rings. The second-order valence-corrected chi connectivity index (χ2v) is 9.43. The molecule has 0 saturated carbocycles. The summed E-state index contributed by atoms with van der Waals surface area (Å²) < 4.78 is 45.8. The van der Waals surface area contributed by atoms with E-state index >= 15 is 0 Å². The summed E-state index contributed by atoms with van der Waals surface area (Å²) in [6.45, 7) is 4.08. The third-order valence-corrected chi connectivity index (χ3v) is 6.62. The van der Waals surface area contributed by atoms with Crippen LogP contribution in [0.25, 0.3) is 0 Å². The summed E-state index contributed by atoms with van der Waals surface area (Å²) >= 11 is 0. The summed E-state index contributed by atoms with van der Waals surface area (Å²) in [5.74, 6) is -2.78. The highest BCUT2D eigenvalue weighted by atomic mass is 31.2. The van der Waals surface area contributed by atoms with Crippen LogP contribution in [0.1, 0.15) is 19.4 Å². The van der Waals surface area contributed by atoms with Crippen molar-refractivity contribution in [3.63, 3.8) is 0 Å². The fraction of sp³-hybridized carbons (Fsp3) is 0.667. The minimum atomic E-state index is -3.54. The molecule has 152 valence electrons. The summed E-state index contributed by atoms with van der Waals surface area (Å²) in [7, 11) is -1.02. The largest absolute Gasteiger partial charge is 0.374 e. The quantitative estimate of drug-likeness (QED) is 0.663. The third-order valence-electron chi connectivity index (χ3n) is 4.67. The van der Waals surface area contributed by atoms with Crippen molar-refractivity contribution in [3.05, 3.63) is 35.9 Å². The summed E-state index contributed by atoms with van der Waals surface area (Å²) in [4.78, 5) is 0. The normalized spacial score (nSPS) is 32.6. The molecular weight excluding hydrogens is 375 g/mol. The number of ether oxygens (including phenoxy) is 4. The molecule has 0 aliphatic carbocycles. The molecular formula is C18H27O8P. The Balaban J connectivity index is 1.71. The maximum absolute atomic E-state index is 12.6. The van der Waals surface area contributed by atoms with Crippen molar-refractivity contribution < 1.29 is 37.7 Å². The Kier molecular flexibility index (Phi) is 6.11. The number of aliphatic hydroxyl groups is 1. The lowest BCUT2D eigenvalue weighted by Gasteiger charge is -2.31. The van der Waals surface area contributed by atoms with Crippen LogP contribution in [0.4, 0.5) is 0 Å². The zero-order valence-corrected chi connectivity index (χ0v) is 16.9. The second kappa shape index (κ2) is 7.89. The second-order valence-electron chi connectivity index (χ2n) is 7.16. The molecule has 0 bridgehead atoms. The van der Waals surface area contributed by atoms with E-state index in [1.54, 1.807) is 13.8 Å². The molecule has 0 aromatic heterocycles. The molecule has 0 spiro atoms. The van der Waals surface area contributed by atoms with Crippen molar-refractivity contribution in [2.45, 2.75) is 50.3 Å². The summed E-state index contributed by atoms with van der Waals surface area (Å²) in [5.41, 5.74) is 1.02. The minimum Gasteiger partial charge on any atom is -0.374 e. The number of benzene rings is 1. The van der Waals surface area contributed by atoms with E-state index in [1.165, 1.54) is 14.2 Å². The van der Waals surface area contributed by atoms with Gasteiger partial charge in [-0.15, -0.1) is 0 Å². The Morgan fingerprint density at radius 3 is 2.41 bits per heavy atom. The van der Waals surface area contributed by atoms with E-state index < -0.39 is 37.5 Å². The standard InChI is InChI=1S/C18H27O8P/c1-17(2)25-15-14(11-23-10-13-8-6-5-7-9-13)24-18(19,16(15)26-17)12-27(20,21-3)22-4/h5-9,14-16,19H,10-12H2,1-4H3/t14?,15?,16?,18-/m0/s1.